The second kappa shape index (κ2) is 13.2. The zero-order chi connectivity index (χ0) is 26.9. The Morgan fingerprint density at radius 1 is 0.895 bits per heavy atom. The molecule has 0 saturated carbocycles. The number of nitrogens with zero attached hydrogens (tertiary/aromatic N) is 1. The Labute approximate surface area is 239 Å². The quantitative estimate of drug-likeness (QED) is 0.153. The fourth-order valence-corrected chi connectivity index (χ4v) is 4.09. The Morgan fingerprint density at radius 2 is 1.63 bits per heavy atom. The molecule has 38 heavy (non-hydrogen) atoms. The molecule has 1 N–H and O–H groups in total. The molecule has 0 heterocycles. The summed E-state index contributed by atoms with van der Waals surface area (Å²) in [6.45, 7) is 0.682. The van der Waals surface area contributed by atoms with Crippen molar-refractivity contribution in [3.63, 3.8) is 0 Å². The number of carbonyl (C=O) groups excluding carboxylic acids is 1. The normalized spacial score (nSPS) is 10.9. The summed E-state index contributed by atoms with van der Waals surface area (Å²) in [7, 11) is 0. The second-order valence-electron chi connectivity index (χ2n) is 8.13. The molecule has 4 aromatic carbocycles. The summed E-state index contributed by atoms with van der Waals surface area (Å²) in [6, 6.07) is 29.1. The Bertz CT molecular complexity index is 1500. The summed E-state index contributed by atoms with van der Waals surface area (Å²) in [5, 5.41) is 13.3. The standard InChI is InChI=1S/C30H21BrCl2N2O3/c31-24-8-5-20(6-9-24)18-38-29-14-7-21(16-28(29)33)15-23(17-34)30(36)35-25-10-12-26(13-11-25)37-19-22-3-1-2-4-27(22)32/h1-16H,18-19H2,(H,35,36)/b23-15+. The lowest BCUT2D eigenvalue weighted by molar-refractivity contribution is -0.112. The number of hydrogen-bond acceptors (Lipinski definition) is 4. The third-order valence-electron chi connectivity index (χ3n) is 5.40. The summed E-state index contributed by atoms with van der Waals surface area (Å²) in [6.07, 6.45) is 1.47. The Kier molecular flexibility index (Phi) is 9.45. The van der Waals surface area contributed by atoms with Crippen LogP contribution >= 0.6 is 39.1 Å². The van der Waals surface area contributed by atoms with E-state index in [-0.39, 0.29) is 5.57 Å². The molecular weight excluding hydrogens is 587 g/mol. The molecule has 190 valence electrons. The molecule has 0 aliphatic carbocycles. The molecule has 1 amide bonds. The van der Waals surface area contributed by atoms with Crippen molar-refractivity contribution in [3.8, 4) is 17.6 Å². The smallest absolute Gasteiger partial charge is 0.266 e. The predicted molar refractivity (Wildman–Crippen MR) is 154 cm³/mol. The van der Waals surface area contributed by atoms with Gasteiger partial charge in [0.15, 0.2) is 0 Å². The number of carbonyl (C=O) groups is 1. The molecule has 5 nitrogen and oxygen atoms in total. The highest BCUT2D eigenvalue weighted by Crippen LogP contribution is 2.28. The zero-order valence-electron chi connectivity index (χ0n) is 20.0. The van der Waals surface area contributed by atoms with Crippen LogP contribution in [0.1, 0.15) is 16.7 Å². The van der Waals surface area contributed by atoms with Crippen LogP contribution in [0.5, 0.6) is 11.5 Å². The fourth-order valence-electron chi connectivity index (χ4n) is 3.39. The molecule has 4 aromatic rings. The van der Waals surface area contributed by atoms with Crippen molar-refractivity contribution in [1.82, 2.24) is 0 Å². The van der Waals surface area contributed by atoms with Crippen LogP contribution in [0.25, 0.3) is 6.08 Å². The molecule has 0 aliphatic heterocycles. The number of nitrogens with one attached hydrogen (secondary N) is 1. The SMILES string of the molecule is N#C/C(=C\c1ccc(OCc2ccc(Br)cc2)c(Cl)c1)C(=O)Nc1ccc(OCc2ccccc2Cl)cc1. The van der Waals surface area contributed by atoms with Gasteiger partial charge >= 0.3 is 0 Å². The van der Waals surface area contributed by atoms with Gasteiger partial charge in [-0.25, -0.2) is 0 Å². The molecule has 0 atom stereocenters. The maximum absolute atomic E-state index is 12.7. The third-order valence-corrected chi connectivity index (χ3v) is 6.60. The first-order valence-corrected chi connectivity index (χ1v) is 13.0. The monoisotopic (exact) mass is 606 g/mol. The molecule has 0 unspecified atom stereocenters. The second-order valence-corrected chi connectivity index (χ2v) is 9.86. The van der Waals surface area contributed by atoms with Gasteiger partial charge in [-0.05, 0) is 71.8 Å². The lowest BCUT2D eigenvalue weighted by atomic mass is 10.1. The first kappa shape index (κ1) is 27.3. The molecule has 0 radical (unpaired) electrons. The molecule has 0 spiro atoms. The van der Waals surface area contributed by atoms with Crippen LogP contribution < -0.4 is 14.8 Å². The van der Waals surface area contributed by atoms with Crippen LogP contribution in [0.15, 0.2) is 101 Å². The van der Waals surface area contributed by atoms with Crippen molar-refractivity contribution >= 4 is 56.8 Å². The molecule has 4 rings (SSSR count). The summed E-state index contributed by atoms with van der Waals surface area (Å²) in [5.41, 5.74) is 2.93. The number of ether oxygens (including phenoxy) is 2. The summed E-state index contributed by atoms with van der Waals surface area (Å²) < 4.78 is 12.6. The van der Waals surface area contributed by atoms with Crippen LogP contribution in [-0.2, 0) is 18.0 Å². The number of benzene rings is 4. The van der Waals surface area contributed by atoms with E-state index in [9.17, 15) is 10.1 Å². The minimum Gasteiger partial charge on any atom is -0.489 e. The van der Waals surface area contributed by atoms with Gasteiger partial charge in [-0.3, -0.25) is 4.79 Å². The van der Waals surface area contributed by atoms with E-state index < -0.39 is 5.91 Å². The highest BCUT2D eigenvalue weighted by Gasteiger charge is 2.11. The maximum Gasteiger partial charge on any atom is 0.266 e. The average molecular weight is 608 g/mol. The van der Waals surface area contributed by atoms with E-state index >= 15 is 0 Å². The van der Waals surface area contributed by atoms with E-state index in [0.29, 0.717) is 46.0 Å². The van der Waals surface area contributed by atoms with Crippen LogP contribution in [0.2, 0.25) is 10.0 Å². The minimum absolute atomic E-state index is 0.0661. The van der Waals surface area contributed by atoms with Crippen molar-refractivity contribution in [2.24, 2.45) is 0 Å². The molecule has 0 fully saturated rings. The summed E-state index contributed by atoms with van der Waals surface area (Å²) in [5.74, 6) is 0.589. The molecule has 0 aromatic heterocycles. The van der Waals surface area contributed by atoms with E-state index in [2.05, 4.69) is 21.2 Å². The van der Waals surface area contributed by atoms with E-state index in [1.165, 1.54) is 6.08 Å². The van der Waals surface area contributed by atoms with Crippen molar-refractivity contribution < 1.29 is 14.3 Å². The zero-order valence-corrected chi connectivity index (χ0v) is 23.1. The average Bonchev–Trinajstić information content (AvgIpc) is 2.92. The van der Waals surface area contributed by atoms with Crippen molar-refractivity contribution in [1.29, 1.82) is 5.26 Å². The lowest BCUT2D eigenvalue weighted by Crippen LogP contribution is -2.13. The van der Waals surface area contributed by atoms with Crippen molar-refractivity contribution in [2.75, 3.05) is 5.32 Å². The first-order chi connectivity index (χ1) is 18.4. The van der Waals surface area contributed by atoms with Gasteiger partial charge in [0.25, 0.3) is 5.91 Å². The van der Waals surface area contributed by atoms with Gasteiger partial charge in [-0.15, -0.1) is 0 Å². The van der Waals surface area contributed by atoms with Gasteiger partial charge in [0.2, 0.25) is 0 Å². The highest BCUT2D eigenvalue weighted by atomic mass is 79.9. The van der Waals surface area contributed by atoms with Crippen molar-refractivity contribution in [3.05, 3.63) is 128 Å². The van der Waals surface area contributed by atoms with Gasteiger partial charge < -0.3 is 14.8 Å². The van der Waals surface area contributed by atoms with Crippen LogP contribution in [0.3, 0.4) is 0 Å². The van der Waals surface area contributed by atoms with Gasteiger partial charge in [-0.1, -0.05) is 75.5 Å². The number of rotatable bonds is 9. The molecule has 0 aliphatic rings. The number of amides is 1. The van der Waals surface area contributed by atoms with Gasteiger partial charge in [0.05, 0.1) is 5.02 Å². The predicted octanol–water partition coefficient (Wildman–Crippen LogP) is 8.46. The lowest BCUT2D eigenvalue weighted by Gasteiger charge is -2.10. The van der Waals surface area contributed by atoms with E-state index in [0.717, 1.165) is 15.6 Å². The fraction of sp³-hybridized carbons (Fsp3) is 0.0667. The Balaban J connectivity index is 1.35. The van der Waals surface area contributed by atoms with E-state index in [1.54, 1.807) is 48.5 Å². The van der Waals surface area contributed by atoms with E-state index in [1.807, 2.05) is 48.5 Å². The first-order valence-electron chi connectivity index (χ1n) is 11.5. The number of halogens is 3. The largest absolute Gasteiger partial charge is 0.489 e. The van der Waals surface area contributed by atoms with Crippen LogP contribution in [0, 0.1) is 11.3 Å². The number of hydrogen-bond donors (Lipinski definition) is 1. The van der Waals surface area contributed by atoms with Crippen LogP contribution in [-0.4, -0.2) is 5.91 Å². The highest BCUT2D eigenvalue weighted by molar-refractivity contribution is 9.10. The van der Waals surface area contributed by atoms with E-state index in [4.69, 9.17) is 32.7 Å². The maximum atomic E-state index is 12.7. The number of nitriles is 1. The third kappa shape index (κ3) is 7.62. The Morgan fingerprint density at radius 3 is 2.32 bits per heavy atom. The molecular formula is C30H21BrCl2N2O3. The molecule has 0 bridgehead atoms. The molecule has 0 saturated heterocycles. The Hall–Kier alpha value is -3.76. The van der Waals surface area contributed by atoms with Gasteiger partial charge in [-0.2, -0.15) is 5.26 Å². The number of anilines is 1. The topological polar surface area (TPSA) is 71.3 Å². The summed E-state index contributed by atoms with van der Waals surface area (Å²) in [4.78, 5) is 12.7. The van der Waals surface area contributed by atoms with Crippen LogP contribution in [0.4, 0.5) is 5.69 Å². The van der Waals surface area contributed by atoms with Gasteiger partial charge in [0.1, 0.15) is 36.4 Å². The van der Waals surface area contributed by atoms with Gasteiger partial charge in [0, 0.05) is 20.7 Å². The van der Waals surface area contributed by atoms with Crippen molar-refractivity contribution in [2.45, 2.75) is 13.2 Å². The minimum atomic E-state index is -0.538. The summed E-state index contributed by atoms with van der Waals surface area (Å²) >= 11 is 15.9. The molecule has 8 heteroatoms.